The van der Waals surface area contributed by atoms with Crippen molar-refractivity contribution in [2.75, 3.05) is 13.1 Å². The normalized spacial score (nSPS) is 16.1. The first-order valence-electron chi connectivity index (χ1n) is 6.73. The predicted molar refractivity (Wildman–Crippen MR) is 77.6 cm³/mol. The van der Waals surface area contributed by atoms with Crippen molar-refractivity contribution in [3.05, 3.63) is 29.5 Å². The molecular formula is C14H15N3O3S. The fourth-order valence-electron chi connectivity index (χ4n) is 2.41. The molecule has 2 N–H and O–H groups in total. The van der Waals surface area contributed by atoms with Gasteiger partial charge in [-0.3, -0.25) is 9.59 Å². The van der Waals surface area contributed by atoms with Gasteiger partial charge in [0.2, 0.25) is 5.91 Å². The smallest absolute Gasteiger partial charge is 0.265 e. The summed E-state index contributed by atoms with van der Waals surface area (Å²) in [4.78, 5) is 30.1. The van der Waals surface area contributed by atoms with Gasteiger partial charge in [0.15, 0.2) is 10.8 Å². The number of rotatable bonds is 3. The number of nitrogens with zero attached hydrogens (tertiary/aromatic N) is 2. The molecule has 0 unspecified atom stereocenters. The Morgan fingerprint density at radius 1 is 1.38 bits per heavy atom. The molecule has 21 heavy (non-hydrogen) atoms. The molecule has 6 nitrogen and oxygen atoms in total. The van der Waals surface area contributed by atoms with Crippen LogP contribution in [0.25, 0.3) is 10.8 Å². The summed E-state index contributed by atoms with van der Waals surface area (Å²) in [6, 6.07) is 3.60. The minimum absolute atomic E-state index is 0.0479. The van der Waals surface area contributed by atoms with E-state index in [1.807, 2.05) is 6.07 Å². The van der Waals surface area contributed by atoms with Gasteiger partial charge in [-0.25, -0.2) is 4.98 Å². The average Bonchev–Trinajstić information content (AvgIpc) is 3.17. The van der Waals surface area contributed by atoms with Gasteiger partial charge in [0.25, 0.3) is 5.91 Å². The molecule has 2 aromatic heterocycles. The number of carbonyl (C=O) groups excluding carboxylic acids is 2. The molecule has 0 aromatic carbocycles. The van der Waals surface area contributed by atoms with E-state index < -0.39 is 0 Å². The van der Waals surface area contributed by atoms with E-state index in [1.54, 1.807) is 23.4 Å². The standard InChI is InChI=1S/C14H15N3O3S/c15-12(18)9-3-5-17(6-4-9)14(19)11-8-16-13(21-11)10-2-1-7-20-10/h1-2,7-9H,3-6H2,(H2,15,18). The zero-order valence-electron chi connectivity index (χ0n) is 11.3. The number of furan rings is 1. The quantitative estimate of drug-likeness (QED) is 0.935. The van der Waals surface area contributed by atoms with Crippen LogP contribution in [0.5, 0.6) is 0 Å². The second kappa shape index (κ2) is 5.69. The summed E-state index contributed by atoms with van der Waals surface area (Å²) in [6.45, 7) is 1.11. The largest absolute Gasteiger partial charge is 0.462 e. The molecule has 2 aromatic rings. The lowest BCUT2D eigenvalue weighted by atomic mass is 9.96. The monoisotopic (exact) mass is 305 g/mol. The Morgan fingerprint density at radius 2 is 2.14 bits per heavy atom. The topological polar surface area (TPSA) is 89.4 Å². The van der Waals surface area contributed by atoms with Crippen LogP contribution in [0.4, 0.5) is 0 Å². The highest BCUT2D eigenvalue weighted by Gasteiger charge is 2.27. The number of carbonyl (C=O) groups is 2. The molecule has 3 rings (SSSR count). The average molecular weight is 305 g/mol. The summed E-state index contributed by atoms with van der Waals surface area (Å²) >= 11 is 1.31. The van der Waals surface area contributed by atoms with E-state index >= 15 is 0 Å². The van der Waals surface area contributed by atoms with Crippen LogP contribution < -0.4 is 5.73 Å². The Kier molecular flexibility index (Phi) is 3.74. The van der Waals surface area contributed by atoms with Crippen molar-refractivity contribution in [3.8, 4) is 10.8 Å². The summed E-state index contributed by atoms with van der Waals surface area (Å²) < 4.78 is 5.27. The van der Waals surface area contributed by atoms with E-state index in [1.165, 1.54) is 11.3 Å². The first kappa shape index (κ1) is 13.8. The molecule has 1 aliphatic rings. The number of nitrogens with two attached hydrogens (primary N) is 1. The van der Waals surface area contributed by atoms with Crippen LogP contribution in [-0.4, -0.2) is 34.8 Å². The van der Waals surface area contributed by atoms with Gasteiger partial charge in [0, 0.05) is 19.0 Å². The van der Waals surface area contributed by atoms with Crippen LogP contribution in [0.2, 0.25) is 0 Å². The zero-order valence-corrected chi connectivity index (χ0v) is 12.1. The highest BCUT2D eigenvalue weighted by molar-refractivity contribution is 7.16. The van der Waals surface area contributed by atoms with Crippen LogP contribution in [0, 0.1) is 5.92 Å². The van der Waals surface area contributed by atoms with Crippen molar-refractivity contribution < 1.29 is 14.0 Å². The van der Waals surface area contributed by atoms with Crippen LogP contribution in [0.3, 0.4) is 0 Å². The highest BCUT2D eigenvalue weighted by atomic mass is 32.1. The van der Waals surface area contributed by atoms with Crippen LogP contribution in [0.15, 0.2) is 29.0 Å². The minimum atomic E-state index is -0.278. The maximum Gasteiger partial charge on any atom is 0.265 e. The fourth-order valence-corrected chi connectivity index (χ4v) is 3.26. The number of aromatic nitrogens is 1. The molecule has 1 saturated heterocycles. The molecule has 0 radical (unpaired) electrons. The number of thiazole rings is 1. The third-order valence-electron chi connectivity index (χ3n) is 3.63. The van der Waals surface area contributed by atoms with E-state index in [-0.39, 0.29) is 17.7 Å². The molecule has 7 heteroatoms. The third kappa shape index (κ3) is 2.82. The third-order valence-corrected chi connectivity index (χ3v) is 4.63. The van der Waals surface area contributed by atoms with E-state index in [4.69, 9.17) is 10.2 Å². The van der Waals surface area contributed by atoms with Gasteiger partial charge in [-0.15, -0.1) is 11.3 Å². The van der Waals surface area contributed by atoms with E-state index in [0.717, 1.165) is 0 Å². The molecule has 0 spiro atoms. The van der Waals surface area contributed by atoms with Crippen LogP contribution >= 0.6 is 11.3 Å². The van der Waals surface area contributed by atoms with Gasteiger partial charge < -0.3 is 15.1 Å². The van der Waals surface area contributed by atoms with Gasteiger partial charge in [0.1, 0.15) is 4.88 Å². The minimum Gasteiger partial charge on any atom is -0.462 e. The lowest BCUT2D eigenvalue weighted by Gasteiger charge is -2.30. The van der Waals surface area contributed by atoms with Crippen molar-refractivity contribution >= 4 is 23.2 Å². The first-order valence-corrected chi connectivity index (χ1v) is 7.55. The summed E-state index contributed by atoms with van der Waals surface area (Å²) in [7, 11) is 0. The molecule has 0 bridgehead atoms. The van der Waals surface area contributed by atoms with E-state index in [9.17, 15) is 9.59 Å². The van der Waals surface area contributed by atoms with Gasteiger partial charge in [-0.05, 0) is 25.0 Å². The van der Waals surface area contributed by atoms with E-state index in [2.05, 4.69) is 4.98 Å². The molecule has 0 saturated carbocycles. The molecule has 110 valence electrons. The lowest BCUT2D eigenvalue weighted by Crippen LogP contribution is -2.41. The van der Waals surface area contributed by atoms with Crippen molar-refractivity contribution in [1.82, 2.24) is 9.88 Å². The molecule has 1 fully saturated rings. The first-order chi connectivity index (χ1) is 10.1. The van der Waals surface area contributed by atoms with Crippen LogP contribution in [0.1, 0.15) is 22.5 Å². The highest BCUT2D eigenvalue weighted by Crippen LogP contribution is 2.27. The molecular weight excluding hydrogens is 290 g/mol. The number of piperidine rings is 1. The number of amides is 2. The SMILES string of the molecule is NC(=O)C1CCN(C(=O)c2cnc(-c3ccco3)s2)CC1. The van der Waals surface area contributed by atoms with Gasteiger partial charge in [-0.2, -0.15) is 0 Å². The van der Waals surface area contributed by atoms with Crippen molar-refractivity contribution in [2.24, 2.45) is 11.7 Å². The summed E-state index contributed by atoms with van der Waals surface area (Å²) in [5, 5.41) is 0.690. The molecule has 0 aliphatic carbocycles. The Hall–Kier alpha value is -2.15. The maximum absolute atomic E-state index is 12.4. The van der Waals surface area contributed by atoms with Crippen molar-refractivity contribution in [2.45, 2.75) is 12.8 Å². The van der Waals surface area contributed by atoms with Crippen LogP contribution in [-0.2, 0) is 4.79 Å². The van der Waals surface area contributed by atoms with Crippen molar-refractivity contribution in [3.63, 3.8) is 0 Å². The maximum atomic E-state index is 12.4. The Morgan fingerprint density at radius 3 is 2.76 bits per heavy atom. The van der Waals surface area contributed by atoms with Crippen molar-refractivity contribution in [1.29, 1.82) is 0 Å². The number of likely N-dealkylation sites (tertiary alicyclic amines) is 1. The molecule has 1 aliphatic heterocycles. The Bertz CT molecular complexity index is 642. The molecule has 0 atom stereocenters. The Balaban J connectivity index is 1.68. The molecule has 3 heterocycles. The van der Waals surface area contributed by atoms with Gasteiger partial charge in [0.05, 0.1) is 12.5 Å². The fraction of sp³-hybridized carbons (Fsp3) is 0.357. The Labute approximate surface area is 125 Å². The van der Waals surface area contributed by atoms with Gasteiger partial charge in [-0.1, -0.05) is 0 Å². The second-order valence-electron chi connectivity index (χ2n) is 4.98. The summed E-state index contributed by atoms with van der Waals surface area (Å²) in [5.74, 6) is 0.217. The zero-order chi connectivity index (χ0) is 14.8. The number of primary amides is 1. The number of hydrogen-bond acceptors (Lipinski definition) is 5. The lowest BCUT2D eigenvalue weighted by molar-refractivity contribution is -0.123. The second-order valence-corrected chi connectivity index (χ2v) is 6.01. The van der Waals surface area contributed by atoms with E-state index in [0.29, 0.717) is 41.6 Å². The number of hydrogen-bond donors (Lipinski definition) is 1. The molecule has 2 amide bonds. The summed E-state index contributed by atoms with van der Waals surface area (Å²) in [5.41, 5.74) is 5.30. The van der Waals surface area contributed by atoms with Gasteiger partial charge >= 0.3 is 0 Å². The predicted octanol–water partition coefficient (Wildman–Crippen LogP) is 1.74. The summed E-state index contributed by atoms with van der Waals surface area (Å²) in [6.07, 6.45) is 4.41.